The minimum atomic E-state index is -0.821. The highest BCUT2D eigenvalue weighted by molar-refractivity contribution is 6.21. The fourth-order valence-electron chi connectivity index (χ4n) is 2.07. The number of hydrogen-bond donors (Lipinski definition) is 1. The number of carboxylic acid groups (broad SMARTS) is 1. The van der Waals surface area contributed by atoms with Gasteiger partial charge in [-0.3, -0.25) is 19.3 Å². The van der Waals surface area contributed by atoms with E-state index in [-0.39, 0.29) is 24.8 Å². The van der Waals surface area contributed by atoms with Gasteiger partial charge in [-0.25, -0.2) is 0 Å². The second kappa shape index (κ2) is 6.14. The fourth-order valence-corrected chi connectivity index (χ4v) is 2.07. The molecule has 1 N–H and O–H groups in total. The quantitative estimate of drug-likeness (QED) is 0.489. The number of carboxylic acids is 1. The number of allylic oxidation sites excluding steroid dienone is 1. The third-order valence-corrected chi connectivity index (χ3v) is 3.09. The van der Waals surface area contributed by atoms with Gasteiger partial charge in [0.1, 0.15) is 0 Å². The van der Waals surface area contributed by atoms with Gasteiger partial charge in [0, 0.05) is 13.0 Å². The number of nitrogens with zero attached hydrogens (tertiary/aromatic N) is 1. The lowest BCUT2D eigenvalue weighted by atomic mass is 10.1. The average Bonchev–Trinajstić information content (AvgIpc) is 2.67. The molecule has 1 aliphatic rings. The summed E-state index contributed by atoms with van der Waals surface area (Å²) in [4.78, 5) is 35.5. The van der Waals surface area contributed by atoms with E-state index in [1.54, 1.807) is 36.4 Å². The molecule has 1 aromatic carbocycles. The highest BCUT2D eigenvalue weighted by Crippen LogP contribution is 2.22. The van der Waals surface area contributed by atoms with Gasteiger partial charge in [-0.15, -0.1) is 0 Å². The normalized spacial score (nSPS) is 14.1. The average molecular weight is 273 g/mol. The minimum absolute atomic E-state index is 0.122. The molecule has 1 heterocycles. The molecule has 0 saturated heterocycles. The number of aliphatic carboxylic acids is 1. The minimum Gasteiger partial charge on any atom is -0.481 e. The lowest BCUT2D eigenvalue weighted by Gasteiger charge is -2.10. The van der Waals surface area contributed by atoms with Gasteiger partial charge < -0.3 is 5.11 Å². The number of imide groups is 1. The lowest BCUT2D eigenvalue weighted by molar-refractivity contribution is -0.137. The predicted octanol–water partition coefficient (Wildman–Crippen LogP) is 2.09. The van der Waals surface area contributed by atoms with Crippen LogP contribution in [-0.2, 0) is 4.79 Å². The van der Waals surface area contributed by atoms with E-state index in [0.29, 0.717) is 24.0 Å². The maximum absolute atomic E-state index is 12.0. The van der Waals surface area contributed by atoms with Crippen molar-refractivity contribution in [1.82, 2.24) is 4.90 Å². The lowest BCUT2D eigenvalue weighted by Crippen LogP contribution is -2.29. The van der Waals surface area contributed by atoms with Crippen LogP contribution in [-0.4, -0.2) is 34.3 Å². The summed E-state index contributed by atoms with van der Waals surface area (Å²) in [6, 6.07) is 6.75. The van der Waals surface area contributed by atoms with Crippen LogP contribution >= 0.6 is 0 Å². The van der Waals surface area contributed by atoms with Gasteiger partial charge in [0.05, 0.1) is 11.1 Å². The SMILES string of the molecule is O=C(O)CCCC=CCN1C(=O)c2ccccc2C1=O. The fraction of sp³-hybridized carbons (Fsp3) is 0.267. The van der Waals surface area contributed by atoms with E-state index in [9.17, 15) is 14.4 Å². The summed E-state index contributed by atoms with van der Waals surface area (Å²) >= 11 is 0. The highest BCUT2D eigenvalue weighted by atomic mass is 16.4. The summed E-state index contributed by atoms with van der Waals surface area (Å²) in [7, 11) is 0. The van der Waals surface area contributed by atoms with Crippen molar-refractivity contribution in [1.29, 1.82) is 0 Å². The van der Waals surface area contributed by atoms with Crippen LogP contribution in [0.2, 0.25) is 0 Å². The molecule has 0 saturated carbocycles. The van der Waals surface area contributed by atoms with E-state index < -0.39 is 5.97 Å². The molecule has 0 aromatic heterocycles. The van der Waals surface area contributed by atoms with Crippen LogP contribution in [0.25, 0.3) is 0 Å². The number of fused-ring (bicyclic) bond motifs is 1. The molecular formula is C15H15NO4. The van der Waals surface area contributed by atoms with Crippen molar-refractivity contribution < 1.29 is 19.5 Å². The Bertz CT molecular complexity index is 542. The van der Waals surface area contributed by atoms with Crippen LogP contribution in [0.5, 0.6) is 0 Å². The van der Waals surface area contributed by atoms with Crippen LogP contribution in [0.4, 0.5) is 0 Å². The van der Waals surface area contributed by atoms with Crippen LogP contribution in [0.15, 0.2) is 36.4 Å². The first-order valence-electron chi connectivity index (χ1n) is 6.43. The molecule has 0 bridgehead atoms. The van der Waals surface area contributed by atoms with E-state index in [1.165, 1.54) is 4.90 Å². The van der Waals surface area contributed by atoms with Gasteiger partial charge in [-0.05, 0) is 25.0 Å². The molecule has 1 aliphatic heterocycles. The van der Waals surface area contributed by atoms with Gasteiger partial charge >= 0.3 is 5.97 Å². The number of benzene rings is 1. The molecule has 1 aromatic rings. The predicted molar refractivity (Wildman–Crippen MR) is 72.4 cm³/mol. The van der Waals surface area contributed by atoms with Gasteiger partial charge in [-0.2, -0.15) is 0 Å². The monoisotopic (exact) mass is 273 g/mol. The molecule has 0 unspecified atom stereocenters. The molecule has 5 nitrogen and oxygen atoms in total. The summed E-state index contributed by atoms with van der Waals surface area (Å²) in [5.41, 5.74) is 0.883. The zero-order valence-corrected chi connectivity index (χ0v) is 10.9. The van der Waals surface area contributed by atoms with Crippen molar-refractivity contribution in [2.45, 2.75) is 19.3 Å². The summed E-state index contributed by atoms with van der Waals surface area (Å²) < 4.78 is 0. The molecule has 104 valence electrons. The van der Waals surface area contributed by atoms with Gasteiger partial charge in [0.25, 0.3) is 11.8 Å². The third kappa shape index (κ3) is 2.93. The van der Waals surface area contributed by atoms with E-state index in [0.717, 1.165) is 0 Å². The zero-order chi connectivity index (χ0) is 14.5. The van der Waals surface area contributed by atoms with Crippen LogP contribution < -0.4 is 0 Å². The number of hydrogen-bond acceptors (Lipinski definition) is 3. The summed E-state index contributed by atoms with van der Waals surface area (Å²) in [5, 5.41) is 8.49. The van der Waals surface area contributed by atoms with Crippen molar-refractivity contribution >= 4 is 17.8 Å². The molecule has 0 spiro atoms. The molecule has 0 atom stereocenters. The van der Waals surface area contributed by atoms with Crippen molar-refractivity contribution in [3.8, 4) is 0 Å². The number of carbonyl (C=O) groups excluding carboxylic acids is 2. The van der Waals surface area contributed by atoms with E-state index >= 15 is 0 Å². The van der Waals surface area contributed by atoms with Crippen LogP contribution in [0.1, 0.15) is 40.0 Å². The smallest absolute Gasteiger partial charge is 0.303 e. The second-order valence-corrected chi connectivity index (χ2v) is 4.52. The van der Waals surface area contributed by atoms with Crippen molar-refractivity contribution in [2.24, 2.45) is 0 Å². The van der Waals surface area contributed by atoms with E-state index in [4.69, 9.17) is 5.11 Å². The third-order valence-electron chi connectivity index (χ3n) is 3.09. The maximum Gasteiger partial charge on any atom is 0.303 e. The Kier molecular flexibility index (Phi) is 4.30. The largest absolute Gasteiger partial charge is 0.481 e. The number of unbranched alkanes of at least 4 members (excludes halogenated alkanes) is 1. The molecule has 20 heavy (non-hydrogen) atoms. The Morgan fingerprint density at radius 2 is 1.70 bits per heavy atom. The van der Waals surface area contributed by atoms with Crippen LogP contribution in [0.3, 0.4) is 0 Å². The highest BCUT2D eigenvalue weighted by Gasteiger charge is 2.33. The Morgan fingerprint density at radius 1 is 1.10 bits per heavy atom. The molecule has 2 rings (SSSR count). The molecule has 2 amide bonds. The van der Waals surface area contributed by atoms with E-state index in [2.05, 4.69) is 0 Å². The standard InChI is InChI=1S/C15H15NO4/c17-13(18)9-3-1-2-6-10-16-14(19)11-7-4-5-8-12(11)15(16)20/h2,4-8H,1,3,9-10H2,(H,17,18). The Labute approximate surface area is 116 Å². The summed E-state index contributed by atoms with van der Waals surface area (Å²) in [6.07, 6.45) is 4.82. The first-order chi connectivity index (χ1) is 9.61. The van der Waals surface area contributed by atoms with Gasteiger partial charge in [-0.1, -0.05) is 24.3 Å². The van der Waals surface area contributed by atoms with E-state index in [1.807, 2.05) is 0 Å². The van der Waals surface area contributed by atoms with Crippen molar-refractivity contribution in [3.05, 3.63) is 47.5 Å². The topological polar surface area (TPSA) is 74.7 Å². The van der Waals surface area contributed by atoms with Gasteiger partial charge in [0.15, 0.2) is 0 Å². The van der Waals surface area contributed by atoms with Crippen LogP contribution in [0, 0.1) is 0 Å². The summed E-state index contributed by atoms with van der Waals surface area (Å²) in [5.74, 6) is -1.37. The molecule has 0 radical (unpaired) electrons. The van der Waals surface area contributed by atoms with Crippen molar-refractivity contribution in [2.75, 3.05) is 6.54 Å². The molecule has 0 fully saturated rings. The Hall–Kier alpha value is -2.43. The molecule has 5 heteroatoms. The number of carbonyl (C=O) groups is 3. The maximum atomic E-state index is 12.0. The first kappa shape index (κ1) is 14.0. The van der Waals surface area contributed by atoms with Gasteiger partial charge in [0.2, 0.25) is 0 Å². The zero-order valence-electron chi connectivity index (χ0n) is 10.9. The number of amides is 2. The van der Waals surface area contributed by atoms with Crippen molar-refractivity contribution in [3.63, 3.8) is 0 Å². The first-order valence-corrected chi connectivity index (χ1v) is 6.43. The molecule has 0 aliphatic carbocycles. The number of rotatable bonds is 6. The Balaban J connectivity index is 1.89. The second-order valence-electron chi connectivity index (χ2n) is 4.52. The molecular weight excluding hydrogens is 258 g/mol. The summed E-state index contributed by atoms with van der Waals surface area (Å²) in [6.45, 7) is 0.222. The Morgan fingerprint density at radius 3 is 2.25 bits per heavy atom.